The minimum atomic E-state index is -1.52. The maximum Gasteiger partial charge on any atom is 0.192 e. The topological polar surface area (TPSA) is 9.23 Å². The Balaban J connectivity index is 4.05. The zero-order valence-electron chi connectivity index (χ0n) is 9.14. The van der Waals surface area contributed by atoms with Crippen LogP contribution >= 0.6 is 12.6 Å². The van der Waals surface area contributed by atoms with Gasteiger partial charge in [0.25, 0.3) is 0 Å². The van der Waals surface area contributed by atoms with Gasteiger partial charge in [-0.15, -0.1) is 0 Å². The maximum atomic E-state index is 5.92. The lowest BCUT2D eigenvalue weighted by molar-refractivity contribution is 0.293. The first-order valence-corrected chi connectivity index (χ1v) is 7.91. The van der Waals surface area contributed by atoms with Crippen LogP contribution in [0.5, 0.6) is 0 Å². The van der Waals surface area contributed by atoms with Gasteiger partial charge in [-0.25, -0.2) is 0 Å². The Bertz CT molecular complexity index is 138. The van der Waals surface area contributed by atoms with Gasteiger partial charge in [0.2, 0.25) is 0 Å². The standard InChI is InChI=1S/C9H22OSSi/c1-8(11)7-10-12(5,6)9(2,3)4/h8,11H,7H2,1-6H3/t8-/m0/s1. The molecule has 0 fully saturated rings. The quantitative estimate of drug-likeness (QED) is 0.550. The van der Waals surface area contributed by atoms with E-state index in [0.29, 0.717) is 10.3 Å². The van der Waals surface area contributed by atoms with E-state index in [1.165, 1.54) is 0 Å². The van der Waals surface area contributed by atoms with E-state index in [2.05, 4.69) is 53.4 Å². The molecule has 0 radical (unpaired) electrons. The molecule has 0 rings (SSSR count). The molecular weight excluding hydrogens is 184 g/mol. The zero-order valence-corrected chi connectivity index (χ0v) is 11.0. The van der Waals surface area contributed by atoms with Gasteiger partial charge in [0.1, 0.15) is 0 Å². The summed E-state index contributed by atoms with van der Waals surface area (Å²) >= 11 is 4.30. The van der Waals surface area contributed by atoms with Gasteiger partial charge in [-0.1, -0.05) is 27.7 Å². The molecule has 0 spiro atoms. The third-order valence-electron chi connectivity index (χ3n) is 2.49. The molecule has 1 atom stereocenters. The van der Waals surface area contributed by atoms with Crippen LogP contribution in [0.3, 0.4) is 0 Å². The van der Waals surface area contributed by atoms with Gasteiger partial charge in [-0.05, 0) is 18.1 Å². The highest BCUT2D eigenvalue weighted by Crippen LogP contribution is 2.36. The van der Waals surface area contributed by atoms with Gasteiger partial charge >= 0.3 is 0 Å². The highest BCUT2D eigenvalue weighted by atomic mass is 32.1. The highest BCUT2D eigenvalue weighted by molar-refractivity contribution is 7.80. The van der Waals surface area contributed by atoms with Crippen molar-refractivity contribution in [3.05, 3.63) is 0 Å². The SMILES string of the molecule is C[C@H](S)CO[Si](C)(C)C(C)(C)C. The van der Waals surface area contributed by atoms with E-state index in [4.69, 9.17) is 4.43 Å². The van der Waals surface area contributed by atoms with Gasteiger partial charge in [-0.2, -0.15) is 12.6 Å². The van der Waals surface area contributed by atoms with E-state index in [9.17, 15) is 0 Å². The molecule has 0 saturated carbocycles. The maximum absolute atomic E-state index is 5.92. The molecule has 0 aromatic heterocycles. The van der Waals surface area contributed by atoms with Crippen molar-refractivity contribution in [3.8, 4) is 0 Å². The predicted octanol–water partition coefficient (Wildman–Crippen LogP) is 3.33. The largest absolute Gasteiger partial charge is 0.416 e. The molecular formula is C9H22OSSi. The van der Waals surface area contributed by atoms with Crippen molar-refractivity contribution in [3.63, 3.8) is 0 Å². The number of thiol groups is 1. The average molecular weight is 206 g/mol. The predicted molar refractivity (Wildman–Crippen MR) is 61.6 cm³/mol. The van der Waals surface area contributed by atoms with E-state index in [-0.39, 0.29) is 0 Å². The fourth-order valence-corrected chi connectivity index (χ4v) is 1.86. The summed E-state index contributed by atoms with van der Waals surface area (Å²) in [5.74, 6) is 0. The van der Waals surface area contributed by atoms with Crippen molar-refractivity contribution < 1.29 is 4.43 Å². The molecule has 0 aliphatic carbocycles. The summed E-state index contributed by atoms with van der Waals surface area (Å²) in [4.78, 5) is 0. The fourth-order valence-electron chi connectivity index (χ4n) is 0.545. The monoisotopic (exact) mass is 206 g/mol. The van der Waals surface area contributed by atoms with Crippen LogP contribution in [-0.2, 0) is 4.43 Å². The lowest BCUT2D eigenvalue weighted by Crippen LogP contribution is -2.41. The Morgan fingerprint density at radius 2 is 1.75 bits per heavy atom. The molecule has 3 heteroatoms. The highest BCUT2D eigenvalue weighted by Gasteiger charge is 2.37. The first-order chi connectivity index (χ1) is 5.17. The Hall–Kier alpha value is 0.527. The van der Waals surface area contributed by atoms with Gasteiger partial charge in [0.15, 0.2) is 8.32 Å². The summed E-state index contributed by atoms with van der Waals surface area (Å²) in [5, 5.41) is 0.662. The summed E-state index contributed by atoms with van der Waals surface area (Å²) < 4.78 is 5.92. The smallest absolute Gasteiger partial charge is 0.192 e. The van der Waals surface area contributed by atoms with Crippen molar-refractivity contribution >= 4 is 20.9 Å². The zero-order chi connectivity index (χ0) is 9.99. The summed E-state index contributed by atoms with van der Waals surface area (Å²) in [6.45, 7) is 14.1. The van der Waals surface area contributed by atoms with Crippen LogP contribution in [-0.4, -0.2) is 20.2 Å². The van der Waals surface area contributed by atoms with Crippen LogP contribution in [0.1, 0.15) is 27.7 Å². The second kappa shape index (κ2) is 4.16. The molecule has 0 aromatic carbocycles. The molecule has 0 N–H and O–H groups in total. The van der Waals surface area contributed by atoms with Crippen LogP contribution in [0.15, 0.2) is 0 Å². The molecule has 0 saturated heterocycles. The summed E-state index contributed by atoms with van der Waals surface area (Å²) in [6.07, 6.45) is 0. The van der Waals surface area contributed by atoms with Crippen molar-refractivity contribution in [2.45, 2.75) is 51.1 Å². The average Bonchev–Trinajstić information content (AvgIpc) is 1.81. The van der Waals surface area contributed by atoms with Gasteiger partial charge in [0.05, 0.1) is 0 Å². The van der Waals surface area contributed by atoms with E-state index < -0.39 is 8.32 Å². The Kier molecular flexibility index (Phi) is 4.34. The van der Waals surface area contributed by atoms with Crippen LogP contribution in [0.25, 0.3) is 0 Å². The third kappa shape index (κ3) is 3.96. The van der Waals surface area contributed by atoms with E-state index in [1.807, 2.05) is 0 Å². The molecule has 0 heterocycles. The number of hydrogen-bond acceptors (Lipinski definition) is 2. The van der Waals surface area contributed by atoms with Crippen molar-refractivity contribution in [1.82, 2.24) is 0 Å². The molecule has 0 aromatic rings. The van der Waals surface area contributed by atoms with Crippen molar-refractivity contribution in [2.24, 2.45) is 0 Å². The molecule has 0 aliphatic heterocycles. The lowest BCUT2D eigenvalue weighted by atomic mass is 10.2. The summed E-state index contributed by atoms with van der Waals surface area (Å²) in [7, 11) is -1.52. The molecule has 0 unspecified atom stereocenters. The van der Waals surface area contributed by atoms with E-state index in [1.54, 1.807) is 0 Å². The minimum absolute atomic E-state index is 0.315. The van der Waals surface area contributed by atoms with E-state index >= 15 is 0 Å². The lowest BCUT2D eigenvalue weighted by Gasteiger charge is -2.36. The Morgan fingerprint density at radius 1 is 1.33 bits per heavy atom. The molecule has 12 heavy (non-hydrogen) atoms. The van der Waals surface area contributed by atoms with Crippen LogP contribution < -0.4 is 0 Å². The van der Waals surface area contributed by atoms with E-state index in [0.717, 1.165) is 6.61 Å². The van der Waals surface area contributed by atoms with Crippen LogP contribution in [0, 0.1) is 0 Å². The normalized spacial score (nSPS) is 16.2. The summed E-state index contributed by atoms with van der Waals surface area (Å²) in [5.41, 5.74) is 0. The second-order valence-electron chi connectivity index (χ2n) is 4.92. The first kappa shape index (κ1) is 12.5. The summed E-state index contributed by atoms with van der Waals surface area (Å²) in [6, 6.07) is 0. The van der Waals surface area contributed by atoms with Crippen LogP contribution in [0.2, 0.25) is 18.1 Å². The second-order valence-corrected chi connectivity index (χ2v) is 10.6. The first-order valence-electron chi connectivity index (χ1n) is 4.49. The third-order valence-corrected chi connectivity index (χ3v) is 7.14. The molecule has 0 aliphatic rings. The minimum Gasteiger partial charge on any atom is -0.416 e. The Labute approximate surface area is 83.4 Å². The van der Waals surface area contributed by atoms with Gasteiger partial charge in [-0.3, -0.25) is 0 Å². The van der Waals surface area contributed by atoms with Gasteiger partial charge in [0, 0.05) is 11.9 Å². The molecule has 1 nitrogen and oxygen atoms in total. The Morgan fingerprint density at radius 3 is 2.00 bits per heavy atom. The molecule has 74 valence electrons. The molecule has 0 bridgehead atoms. The van der Waals surface area contributed by atoms with Crippen molar-refractivity contribution in [1.29, 1.82) is 0 Å². The number of rotatable bonds is 3. The fraction of sp³-hybridized carbons (Fsp3) is 1.00. The number of hydrogen-bond donors (Lipinski definition) is 1. The van der Waals surface area contributed by atoms with Gasteiger partial charge < -0.3 is 4.43 Å². The molecule has 0 amide bonds. The van der Waals surface area contributed by atoms with Crippen LogP contribution in [0.4, 0.5) is 0 Å². The van der Waals surface area contributed by atoms with Crippen molar-refractivity contribution in [2.75, 3.05) is 6.61 Å².